The van der Waals surface area contributed by atoms with E-state index in [0.717, 1.165) is 31.2 Å². The van der Waals surface area contributed by atoms with Crippen LogP contribution in [0.4, 0.5) is 0 Å². The molecule has 0 aromatic heterocycles. The van der Waals surface area contributed by atoms with Gasteiger partial charge in [0.05, 0.1) is 10.0 Å². The van der Waals surface area contributed by atoms with Crippen molar-refractivity contribution in [2.75, 3.05) is 0 Å². The second-order valence-corrected chi connectivity index (χ2v) is 4.52. The minimum absolute atomic E-state index is 0.251. The van der Waals surface area contributed by atoms with Crippen molar-refractivity contribution in [3.8, 4) is 0 Å². The largest absolute Gasteiger partial charge is 0.481 e. The number of hydrogen-bond acceptors (Lipinski definition) is 1. The zero-order valence-corrected chi connectivity index (χ0v) is 10.4. The Morgan fingerprint density at radius 1 is 1.12 bits per heavy atom. The molecule has 1 aromatic rings. The van der Waals surface area contributed by atoms with Crippen LogP contribution in [0.1, 0.15) is 31.2 Å². The summed E-state index contributed by atoms with van der Waals surface area (Å²) in [6, 6.07) is 5.60. The monoisotopic (exact) mass is 260 g/mol. The fourth-order valence-corrected chi connectivity index (χ4v) is 1.80. The minimum Gasteiger partial charge on any atom is -0.481 e. The maximum absolute atomic E-state index is 10.3. The lowest BCUT2D eigenvalue weighted by Gasteiger charge is -2.02. The first kappa shape index (κ1) is 13.3. The van der Waals surface area contributed by atoms with E-state index in [0.29, 0.717) is 10.0 Å². The predicted octanol–water partition coefficient (Wildman–Crippen LogP) is 4.18. The molecule has 0 unspecified atom stereocenters. The molecule has 1 N–H and O–H groups in total. The average Bonchev–Trinajstić information content (AvgIpc) is 2.22. The first-order chi connectivity index (χ1) is 7.59. The molecular formula is C12H14Cl2O2. The Morgan fingerprint density at radius 2 is 1.88 bits per heavy atom. The molecule has 0 aliphatic carbocycles. The molecule has 0 atom stereocenters. The van der Waals surface area contributed by atoms with E-state index >= 15 is 0 Å². The molecule has 0 aliphatic heterocycles. The molecule has 2 nitrogen and oxygen atoms in total. The van der Waals surface area contributed by atoms with Gasteiger partial charge in [-0.05, 0) is 37.0 Å². The third-order valence-electron chi connectivity index (χ3n) is 2.34. The van der Waals surface area contributed by atoms with Crippen molar-refractivity contribution in [3.63, 3.8) is 0 Å². The Balaban J connectivity index is 2.27. The van der Waals surface area contributed by atoms with E-state index in [1.165, 1.54) is 0 Å². The molecule has 0 heterocycles. The van der Waals surface area contributed by atoms with Crippen molar-refractivity contribution in [3.05, 3.63) is 33.8 Å². The van der Waals surface area contributed by atoms with Gasteiger partial charge in [-0.15, -0.1) is 0 Å². The highest BCUT2D eigenvalue weighted by Gasteiger charge is 2.00. The van der Waals surface area contributed by atoms with E-state index in [2.05, 4.69) is 0 Å². The summed E-state index contributed by atoms with van der Waals surface area (Å²) in [4.78, 5) is 10.3. The number of aliphatic carboxylic acids is 1. The normalized spacial score (nSPS) is 10.4. The lowest BCUT2D eigenvalue weighted by molar-refractivity contribution is -0.137. The highest BCUT2D eigenvalue weighted by Crippen LogP contribution is 2.23. The summed E-state index contributed by atoms with van der Waals surface area (Å²) in [5, 5.41) is 9.60. The van der Waals surface area contributed by atoms with Crippen LogP contribution in [0.5, 0.6) is 0 Å². The van der Waals surface area contributed by atoms with Crippen LogP contribution < -0.4 is 0 Å². The number of unbranched alkanes of at least 4 members (excludes halogenated alkanes) is 2. The quantitative estimate of drug-likeness (QED) is 0.780. The van der Waals surface area contributed by atoms with Gasteiger partial charge >= 0.3 is 5.97 Å². The Hall–Kier alpha value is -0.730. The second kappa shape index (κ2) is 6.77. The van der Waals surface area contributed by atoms with Crippen molar-refractivity contribution in [1.82, 2.24) is 0 Å². The molecule has 0 bridgehead atoms. The fourth-order valence-electron chi connectivity index (χ4n) is 1.48. The molecule has 0 fully saturated rings. The van der Waals surface area contributed by atoms with Crippen LogP contribution >= 0.6 is 23.2 Å². The molecule has 4 heteroatoms. The SMILES string of the molecule is O=C(O)CCCCCc1ccc(Cl)c(Cl)c1. The summed E-state index contributed by atoms with van der Waals surface area (Å²) in [7, 11) is 0. The average molecular weight is 261 g/mol. The molecule has 16 heavy (non-hydrogen) atoms. The Labute approximate surface area is 105 Å². The predicted molar refractivity (Wildman–Crippen MR) is 66.3 cm³/mol. The van der Waals surface area contributed by atoms with Crippen LogP contribution in [0, 0.1) is 0 Å². The number of carbonyl (C=O) groups is 1. The molecule has 0 saturated heterocycles. The van der Waals surface area contributed by atoms with Crippen LogP contribution in [-0.2, 0) is 11.2 Å². The fraction of sp³-hybridized carbons (Fsp3) is 0.417. The molecule has 0 radical (unpaired) electrons. The molecule has 1 rings (SSSR count). The highest BCUT2D eigenvalue weighted by atomic mass is 35.5. The van der Waals surface area contributed by atoms with Crippen molar-refractivity contribution in [2.24, 2.45) is 0 Å². The zero-order chi connectivity index (χ0) is 12.0. The first-order valence-electron chi connectivity index (χ1n) is 5.25. The van der Waals surface area contributed by atoms with Gasteiger partial charge in [-0.25, -0.2) is 0 Å². The summed E-state index contributed by atoms with van der Waals surface area (Å²) in [5.41, 5.74) is 1.14. The van der Waals surface area contributed by atoms with Crippen LogP contribution in [0.15, 0.2) is 18.2 Å². The van der Waals surface area contributed by atoms with Crippen LogP contribution in [-0.4, -0.2) is 11.1 Å². The zero-order valence-electron chi connectivity index (χ0n) is 8.88. The van der Waals surface area contributed by atoms with E-state index in [9.17, 15) is 4.79 Å². The van der Waals surface area contributed by atoms with Gasteiger partial charge in [0.1, 0.15) is 0 Å². The van der Waals surface area contributed by atoms with Crippen molar-refractivity contribution in [1.29, 1.82) is 0 Å². The molecule has 0 saturated carbocycles. The summed E-state index contributed by atoms with van der Waals surface area (Å²) in [6.07, 6.45) is 3.80. The van der Waals surface area contributed by atoms with Gasteiger partial charge in [0.15, 0.2) is 0 Å². The Kier molecular flexibility index (Phi) is 5.64. The lowest BCUT2D eigenvalue weighted by Crippen LogP contribution is -1.94. The van der Waals surface area contributed by atoms with E-state index in [1.54, 1.807) is 6.07 Å². The van der Waals surface area contributed by atoms with E-state index < -0.39 is 5.97 Å². The number of carboxylic acids is 1. The highest BCUT2D eigenvalue weighted by molar-refractivity contribution is 6.42. The van der Waals surface area contributed by atoms with Crippen molar-refractivity contribution >= 4 is 29.2 Å². The van der Waals surface area contributed by atoms with Gasteiger partial charge in [0.2, 0.25) is 0 Å². The molecule has 0 aliphatic rings. The number of aryl methyl sites for hydroxylation is 1. The summed E-state index contributed by atoms with van der Waals surface area (Å²) >= 11 is 11.7. The summed E-state index contributed by atoms with van der Waals surface area (Å²) in [5.74, 6) is -0.727. The second-order valence-electron chi connectivity index (χ2n) is 3.70. The van der Waals surface area contributed by atoms with Crippen molar-refractivity contribution < 1.29 is 9.90 Å². The lowest BCUT2D eigenvalue weighted by atomic mass is 10.1. The van der Waals surface area contributed by atoms with Crippen molar-refractivity contribution in [2.45, 2.75) is 32.1 Å². The maximum atomic E-state index is 10.3. The van der Waals surface area contributed by atoms with Gasteiger partial charge in [-0.1, -0.05) is 35.7 Å². The van der Waals surface area contributed by atoms with Crippen LogP contribution in [0.25, 0.3) is 0 Å². The number of halogens is 2. The van der Waals surface area contributed by atoms with Gasteiger partial charge < -0.3 is 5.11 Å². The third kappa shape index (κ3) is 4.86. The van der Waals surface area contributed by atoms with E-state index in [-0.39, 0.29) is 6.42 Å². The molecule has 1 aromatic carbocycles. The standard InChI is InChI=1S/C12H14Cl2O2/c13-10-7-6-9(8-11(10)14)4-2-1-3-5-12(15)16/h6-8H,1-5H2,(H,15,16). The van der Waals surface area contributed by atoms with E-state index in [1.807, 2.05) is 12.1 Å². The first-order valence-corrected chi connectivity index (χ1v) is 6.01. The maximum Gasteiger partial charge on any atom is 0.303 e. The number of hydrogen-bond donors (Lipinski definition) is 1. The number of benzene rings is 1. The topological polar surface area (TPSA) is 37.3 Å². The van der Waals surface area contributed by atoms with Gasteiger partial charge in [-0.3, -0.25) is 4.79 Å². The number of carboxylic acid groups (broad SMARTS) is 1. The third-order valence-corrected chi connectivity index (χ3v) is 3.08. The van der Waals surface area contributed by atoms with Gasteiger partial charge in [-0.2, -0.15) is 0 Å². The molecule has 0 amide bonds. The van der Waals surface area contributed by atoms with Crippen LogP contribution in [0.2, 0.25) is 10.0 Å². The molecule has 0 spiro atoms. The summed E-state index contributed by atoms with van der Waals surface area (Å²) in [6.45, 7) is 0. The van der Waals surface area contributed by atoms with Gasteiger partial charge in [0.25, 0.3) is 0 Å². The molecular weight excluding hydrogens is 247 g/mol. The summed E-state index contributed by atoms with van der Waals surface area (Å²) < 4.78 is 0. The minimum atomic E-state index is -0.727. The Bertz CT molecular complexity index is 364. The smallest absolute Gasteiger partial charge is 0.303 e. The Morgan fingerprint density at radius 3 is 2.50 bits per heavy atom. The number of rotatable bonds is 6. The van der Waals surface area contributed by atoms with Crippen LogP contribution in [0.3, 0.4) is 0 Å². The van der Waals surface area contributed by atoms with Gasteiger partial charge in [0, 0.05) is 6.42 Å². The van der Waals surface area contributed by atoms with E-state index in [4.69, 9.17) is 28.3 Å². The molecule has 88 valence electrons.